The minimum absolute atomic E-state index is 0.0237. The van der Waals surface area contributed by atoms with Crippen molar-refractivity contribution in [2.45, 2.75) is 170 Å². The summed E-state index contributed by atoms with van der Waals surface area (Å²) in [6, 6.07) is 0. The molecule has 0 N–H and O–H groups in total. The number of halogens is 28. The number of alkyl halides is 28. The Bertz CT molecular complexity index is 1510. The Kier molecular flexibility index (Phi) is 21.8. The van der Waals surface area contributed by atoms with Crippen LogP contribution in [-0.4, -0.2) is 99.3 Å². The van der Waals surface area contributed by atoms with Crippen LogP contribution < -0.4 is 0 Å². The van der Waals surface area contributed by atoms with Gasteiger partial charge in [0.15, 0.2) is 0 Å². The van der Waals surface area contributed by atoms with E-state index < -0.39 is 144 Å². The van der Waals surface area contributed by atoms with Crippen LogP contribution in [0.1, 0.15) is 84.0 Å². The first-order chi connectivity index (χ1) is 27.6. The topological polar surface area (TPSA) is 26.3 Å². The zero-order valence-corrected chi connectivity index (χ0v) is 40.5. The lowest BCUT2D eigenvalue weighted by Crippen LogP contribution is -2.71. The number of carbonyl (C=O) groups excluding carboxylic acids is 1. The SMILES string of the molecule is C=CCCCCC(I)CC(F)(F)C(F)(F)C(F)(F)C(F)(F)C(F)(F)C(F)(F)CC(I)CCCCC(I)CC(F)(F)C(F)(F)C(F)(F)C(F)(F)C(F)(F)C(F)(F)CC(C)(I)C(=O)OC. The first kappa shape index (κ1) is 63.4. The summed E-state index contributed by atoms with van der Waals surface area (Å²) in [4.78, 5) is 11.6. The summed E-state index contributed by atoms with van der Waals surface area (Å²) in [5.41, 5.74) is 0. The summed E-state index contributed by atoms with van der Waals surface area (Å²) in [6.07, 6.45) is -11.9. The van der Waals surface area contributed by atoms with Crippen molar-refractivity contribution in [2.75, 3.05) is 7.11 Å². The summed E-state index contributed by atoms with van der Waals surface area (Å²) in [5.74, 6) is -88.8. The molecule has 0 bridgehead atoms. The fourth-order valence-corrected chi connectivity index (χ4v) is 9.11. The lowest BCUT2D eigenvalue weighted by Gasteiger charge is -2.42. The van der Waals surface area contributed by atoms with Crippen LogP contribution in [0.25, 0.3) is 0 Å². The Balaban J connectivity index is 5.91. The van der Waals surface area contributed by atoms with Crippen LogP contribution in [-0.2, 0) is 9.53 Å². The minimum atomic E-state index is -7.97. The van der Waals surface area contributed by atoms with Crippen LogP contribution in [0, 0.1) is 0 Å². The van der Waals surface area contributed by atoms with Gasteiger partial charge in [-0.1, -0.05) is 116 Å². The van der Waals surface area contributed by atoms with Crippen molar-refractivity contribution in [2.24, 2.45) is 0 Å². The highest BCUT2D eigenvalue weighted by Gasteiger charge is 2.91. The molecule has 0 aliphatic rings. The van der Waals surface area contributed by atoms with Gasteiger partial charge >= 0.3 is 77.0 Å². The van der Waals surface area contributed by atoms with Gasteiger partial charge in [0.2, 0.25) is 0 Å². The molecule has 0 aliphatic carbocycles. The summed E-state index contributed by atoms with van der Waals surface area (Å²) in [7, 11) is 0.497. The smallest absolute Gasteiger partial charge is 0.384 e. The molecule has 376 valence electrons. The number of carbonyl (C=O) groups is 1. The molecule has 4 unspecified atom stereocenters. The molecule has 0 heterocycles. The van der Waals surface area contributed by atoms with Crippen LogP contribution in [0.5, 0.6) is 0 Å². The van der Waals surface area contributed by atoms with Gasteiger partial charge in [-0.05, 0) is 39.0 Å². The van der Waals surface area contributed by atoms with E-state index in [1.54, 1.807) is 0 Å². The van der Waals surface area contributed by atoms with E-state index in [9.17, 15) is 110 Å². The van der Waals surface area contributed by atoms with Crippen LogP contribution in [0.2, 0.25) is 0 Å². The molecule has 4 atom stereocenters. The summed E-state index contributed by atoms with van der Waals surface area (Å²) < 4.78 is 342. The highest BCUT2D eigenvalue weighted by Crippen LogP contribution is 2.64. The number of methoxy groups -OCH3 is 1. The molecule has 0 radical (unpaired) electrons. The number of esters is 1. The molecule has 2 nitrogen and oxygen atoms in total. The van der Waals surface area contributed by atoms with Gasteiger partial charge in [0.05, 0.1) is 7.11 Å². The van der Waals surface area contributed by atoms with Crippen molar-refractivity contribution in [3.05, 3.63) is 12.7 Å². The predicted octanol–water partition coefficient (Wildman–Crippen LogP) is 16.3. The summed E-state index contributed by atoms with van der Waals surface area (Å²) in [5, 5.41) is 0. The number of unbranched alkanes of at least 4 members (excludes halogenated alkanes) is 3. The normalized spacial score (nSPS) is 17.6. The molecular weight excluding hydrogens is 1390 g/mol. The predicted molar refractivity (Wildman–Crippen MR) is 213 cm³/mol. The molecule has 30 heteroatoms. The third kappa shape index (κ3) is 13.0. The molecule has 0 fully saturated rings. The molecule has 0 spiro atoms. The van der Waals surface area contributed by atoms with E-state index in [4.69, 9.17) is 0 Å². The van der Waals surface area contributed by atoms with Gasteiger partial charge in [0, 0.05) is 37.5 Å². The van der Waals surface area contributed by atoms with E-state index in [1.807, 2.05) is 0 Å². The number of rotatable bonds is 29. The van der Waals surface area contributed by atoms with E-state index in [1.165, 1.54) is 6.08 Å². The second kappa shape index (κ2) is 21.6. The second-order valence-electron chi connectivity index (χ2n) is 14.5. The van der Waals surface area contributed by atoms with Gasteiger partial charge < -0.3 is 4.74 Å². The van der Waals surface area contributed by atoms with Gasteiger partial charge in [-0.25, -0.2) is 0 Å². The lowest BCUT2D eigenvalue weighted by molar-refractivity contribution is -0.425. The molecule has 0 saturated heterocycles. The van der Waals surface area contributed by atoms with Gasteiger partial charge in [0.25, 0.3) is 0 Å². The van der Waals surface area contributed by atoms with Crippen LogP contribution in [0.3, 0.4) is 0 Å². The fraction of sp³-hybridized carbons (Fsp3) is 0.909. The molecule has 0 aromatic rings. The van der Waals surface area contributed by atoms with Crippen LogP contribution >= 0.6 is 90.4 Å². The maximum atomic E-state index is 14.6. The van der Waals surface area contributed by atoms with E-state index in [0.29, 0.717) is 43.0 Å². The quantitative estimate of drug-likeness (QED) is 0.0186. The number of ether oxygens (including phenoxy) is 1. The summed E-state index contributed by atoms with van der Waals surface area (Å²) in [6.45, 7) is 3.70. The highest BCUT2D eigenvalue weighted by molar-refractivity contribution is 14.1. The van der Waals surface area contributed by atoms with E-state index in [2.05, 4.69) is 11.3 Å². The van der Waals surface area contributed by atoms with Crippen molar-refractivity contribution in [3.8, 4) is 0 Å². The van der Waals surface area contributed by atoms with Crippen molar-refractivity contribution in [1.82, 2.24) is 0 Å². The molecule has 0 aromatic heterocycles. The Morgan fingerprint density at radius 1 is 0.476 bits per heavy atom. The van der Waals surface area contributed by atoms with Crippen molar-refractivity contribution in [3.63, 3.8) is 0 Å². The van der Waals surface area contributed by atoms with Crippen molar-refractivity contribution in [1.29, 1.82) is 0 Å². The third-order valence-electron chi connectivity index (χ3n) is 9.26. The van der Waals surface area contributed by atoms with Crippen molar-refractivity contribution < 1.29 is 115 Å². The van der Waals surface area contributed by atoms with E-state index in [0.717, 1.165) is 67.8 Å². The molecule has 0 saturated carbocycles. The number of hydrogen-bond donors (Lipinski definition) is 0. The molecule has 0 aliphatic heterocycles. The Morgan fingerprint density at radius 2 is 0.714 bits per heavy atom. The molecule has 63 heavy (non-hydrogen) atoms. The van der Waals surface area contributed by atoms with Gasteiger partial charge in [-0.2, -0.15) is 105 Å². The molecule has 0 aromatic carbocycles. The molecule has 0 amide bonds. The Hall–Kier alpha value is 0.450. The number of allylic oxidation sites excluding steroid dienone is 1. The lowest BCUT2D eigenvalue weighted by atomic mass is 9.87. The minimum Gasteiger partial charge on any atom is -0.468 e. The molecule has 0 rings (SSSR count). The fourth-order valence-electron chi connectivity index (χ4n) is 5.43. The number of hydrogen-bond acceptors (Lipinski definition) is 2. The average molecular weight is 1430 g/mol. The van der Waals surface area contributed by atoms with Crippen LogP contribution in [0.4, 0.5) is 105 Å². The van der Waals surface area contributed by atoms with Crippen molar-refractivity contribution >= 4 is 96.3 Å². The second-order valence-corrected chi connectivity index (χ2v) is 22.2. The summed E-state index contributed by atoms with van der Waals surface area (Å²) >= 11 is 3.33. The third-order valence-corrected chi connectivity index (χ3v) is 13.3. The first-order valence-corrected chi connectivity index (χ1v) is 22.3. The van der Waals surface area contributed by atoms with Crippen LogP contribution in [0.15, 0.2) is 12.7 Å². The maximum Gasteiger partial charge on any atom is 0.384 e. The van der Waals surface area contributed by atoms with E-state index in [-0.39, 0.29) is 19.3 Å². The monoisotopic (exact) mass is 1430 g/mol. The first-order valence-electron chi connectivity index (χ1n) is 17.5. The van der Waals surface area contributed by atoms with Gasteiger partial charge in [0.1, 0.15) is 3.42 Å². The van der Waals surface area contributed by atoms with Gasteiger partial charge in [-0.15, -0.1) is 6.58 Å². The average Bonchev–Trinajstić information content (AvgIpc) is 3.09. The van der Waals surface area contributed by atoms with E-state index >= 15 is 0 Å². The molecular formula is C33H36F24I4O2. The maximum absolute atomic E-state index is 14.6. The zero-order valence-electron chi connectivity index (χ0n) is 31.9. The standard InChI is InChI=1S/C33H36F24I4O2/c1-4-5-6-7-10-17(58)13-22(34,35)26(42,43)30(50,51)31(52,53)27(44,45)23(36,37)14-18(59)11-8-9-12-19(60)15-24(38,39)28(46,47)32(54,55)33(56,57)29(48,49)25(40,41)16-21(2,61)20(62)63-3/h4,17-19H,1,5-16H2,2-3H3. The zero-order chi connectivity index (χ0) is 50.7. The Morgan fingerprint density at radius 3 is 0.952 bits per heavy atom. The Labute approximate surface area is 398 Å². The van der Waals surface area contributed by atoms with Gasteiger partial charge in [-0.3, -0.25) is 4.79 Å². The largest absolute Gasteiger partial charge is 0.468 e. The highest BCUT2D eigenvalue weighted by atomic mass is 127.